The molecule has 2 aromatic rings. The molecular formula is C15H21N5. The predicted octanol–water partition coefficient (Wildman–Crippen LogP) is 2.82. The van der Waals surface area contributed by atoms with E-state index in [1.54, 1.807) is 0 Å². The van der Waals surface area contributed by atoms with Crippen molar-refractivity contribution < 1.29 is 0 Å². The Balaban J connectivity index is 2.46. The minimum atomic E-state index is 0.436. The molecule has 0 N–H and O–H groups in total. The Morgan fingerprint density at radius 2 is 1.95 bits per heavy atom. The number of hydrogen-bond donors (Lipinski definition) is 0. The van der Waals surface area contributed by atoms with Gasteiger partial charge in [-0.15, -0.1) is 0 Å². The summed E-state index contributed by atoms with van der Waals surface area (Å²) in [5, 5.41) is 0. The molecule has 0 radical (unpaired) electrons. The molecule has 0 saturated heterocycles. The van der Waals surface area contributed by atoms with Gasteiger partial charge in [-0.05, 0) is 31.4 Å². The first-order chi connectivity index (χ1) is 9.51. The molecule has 0 aliphatic heterocycles. The summed E-state index contributed by atoms with van der Waals surface area (Å²) in [6, 6.07) is 4.02. The van der Waals surface area contributed by atoms with Crippen molar-refractivity contribution in [2.45, 2.75) is 33.1 Å². The van der Waals surface area contributed by atoms with E-state index in [0.717, 1.165) is 23.5 Å². The lowest BCUT2D eigenvalue weighted by molar-refractivity contribution is 0.708. The van der Waals surface area contributed by atoms with Gasteiger partial charge in [0.15, 0.2) is 5.82 Å². The fourth-order valence-electron chi connectivity index (χ4n) is 1.86. The molecule has 106 valence electrons. The molecule has 2 aromatic heterocycles. The number of anilines is 1. The lowest BCUT2D eigenvalue weighted by Crippen LogP contribution is -2.14. The second-order valence-electron chi connectivity index (χ2n) is 5.18. The Morgan fingerprint density at radius 3 is 2.60 bits per heavy atom. The summed E-state index contributed by atoms with van der Waals surface area (Å²) in [7, 11) is 3.85. The van der Waals surface area contributed by atoms with Gasteiger partial charge in [-0.25, -0.2) is 4.98 Å². The Labute approximate surface area is 120 Å². The van der Waals surface area contributed by atoms with E-state index in [1.807, 2.05) is 38.2 Å². The van der Waals surface area contributed by atoms with Crippen LogP contribution in [0.2, 0.25) is 0 Å². The van der Waals surface area contributed by atoms with Gasteiger partial charge >= 0.3 is 0 Å². The molecule has 1 atom stereocenters. The number of hydrogen-bond acceptors (Lipinski definition) is 5. The topological polar surface area (TPSA) is 54.8 Å². The molecule has 5 nitrogen and oxygen atoms in total. The lowest BCUT2D eigenvalue weighted by atomic mass is 10.0. The van der Waals surface area contributed by atoms with Gasteiger partial charge in [0.05, 0.1) is 0 Å². The van der Waals surface area contributed by atoms with Crippen molar-refractivity contribution in [1.29, 1.82) is 0 Å². The average molecular weight is 271 g/mol. The highest BCUT2D eigenvalue weighted by Gasteiger charge is 2.10. The zero-order chi connectivity index (χ0) is 14.7. The van der Waals surface area contributed by atoms with Gasteiger partial charge in [-0.2, -0.15) is 9.97 Å². The van der Waals surface area contributed by atoms with Gasteiger partial charge in [0.1, 0.15) is 5.82 Å². The summed E-state index contributed by atoms with van der Waals surface area (Å²) in [6.45, 7) is 6.22. The molecule has 0 aliphatic carbocycles. The van der Waals surface area contributed by atoms with E-state index < -0.39 is 0 Å². The van der Waals surface area contributed by atoms with Gasteiger partial charge < -0.3 is 4.90 Å². The van der Waals surface area contributed by atoms with Crippen molar-refractivity contribution in [3.63, 3.8) is 0 Å². The first-order valence-electron chi connectivity index (χ1n) is 6.87. The number of nitrogens with zero attached hydrogens (tertiary/aromatic N) is 5. The Hall–Kier alpha value is -2.04. The first-order valence-corrected chi connectivity index (χ1v) is 6.87. The summed E-state index contributed by atoms with van der Waals surface area (Å²) in [5.74, 6) is 2.54. The molecule has 0 spiro atoms. The maximum absolute atomic E-state index is 4.51. The molecule has 2 heterocycles. The normalized spacial score (nSPS) is 12.2. The molecule has 0 amide bonds. The highest BCUT2D eigenvalue weighted by Crippen LogP contribution is 2.22. The van der Waals surface area contributed by atoms with Crippen LogP contribution in [0.15, 0.2) is 18.3 Å². The summed E-state index contributed by atoms with van der Waals surface area (Å²) >= 11 is 0. The maximum atomic E-state index is 4.51. The lowest BCUT2D eigenvalue weighted by Gasteiger charge is -2.13. The standard InChI is InChI=1S/C15H21N5/c1-6-10(2)13-9-12(7-8-16-13)14-17-11(3)18-15(19-14)20(4)5/h7-10H,6H2,1-5H3. The van der Waals surface area contributed by atoms with E-state index in [-0.39, 0.29) is 0 Å². The Bertz CT molecular complexity index is 595. The number of pyridine rings is 1. The number of aromatic nitrogens is 4. The third kappa shape index (κ3) is 3.10. The van der Waals surface area contributed by atoms with Crippen LogP contribution in [-0.2, 0) is 0 Å². The monoisotopic (exact) mass is 271 g/mol. The molecule has 0 fully saturated rings. The predicted molar refractivity (Wildman–Crippen MR) is 80.8 cm³/mol. The molecule has 0 aromatic carbocycles. The van der Waals surface area contributed by atoms with E-state index in [0.29, 0.717) is 17.7 Å². The van der Waals surface area contributed by atoms with E-state index in [1.165, 1.54) is 0 Å². The fraction of sp³-hybridized carbons (Fsp3) is 0.467. The molecule has 1 unspecified atom stereocenters. The summed E-state index contributed by atoms with van der Waals surface area (Å²) in [5.41, 5.74) is 2.07. The van der Waals surface area contributed by atoms with Gasteiger partial charge in [-0.3, -0.25) is 4.98 Å². The molecule has 0 aliphatic rings. The summed E-state index contributed by atoms with van der Waals surface area (Å²) < 4.78 is 0. The summed E-state index contributed by atoms with van der Waals surface area (Å²) in [4.78, 5) is 19.6. The SMILES string of the molecule is CCC(C)c1cc(-c2nc(C)nc(N(C)C)n2)ccn1. The van der Waals surface area contributed by atoms with Gasteiger partial charge in [0.25, 0.3) is 0 Å². The highest BCUT2D eigenvalue weighted by atomic mass is 15.2. The van der Waals surface area contributed by atoms with Crippen molar-refractivity contribution in [2.24, 2.45) is 0 Å². The zero-order valence-corrected chi connectivity index (χ0v) is 12.8. The highest BCUT2D eigenvalue weighted by molar-refractivity contribution is 5.56. The number of rotatable bonds is 4. The minimum Gasteiger partial charge on any atom is -0.347 e. The van der Waals surface area contributed by atoms with Crippen molar-refractivity contribution >= 4 is 5.95 Å². The number of aryl methyl sites for hydroxylation is 1. The van der Waals surface area contributed by atoms with Gasteiger partial charge in [0.2, 0.25) is 5.95 Å². The quantitative estimate of drug-likeness (QED) is 0.856. The molecule has 0 bridgehead atoms. The third-order valence-electron chi connectivity index (χ3n) is 3.29. The Kier molecular flexibility index (Phi) is 4.27. The van der Waals surface area contributed by atoms with Crippen LogP contribution >= 0.6 is 0 Å². The van der Waals surface area contributed by atoms with Crippen LogP contribution < -0.4 is 4.90 Å². The first kappa shape index (κ1) is 14.4. The maximum Gasteiger partial charge on any atom is 0.228 e. The van der Waals surface area contributed by atoms with Crippen LogP contribution in [0, 0.1) is 6.92 Å². The summed E-state index contributed by atoms with van der Waals surface area (Å²) in [6.07, 6.45) is 2.89. The van der Waals surface area contributed by atoms with Crippen LogP contribution in [0.3, 0.4) is 0 Å². The second kappa shape index (κ2) is 5.94. The fourth-order valence-corrected chi connectivity index (χ4v) is 1.86. The zero-order valence-electron chi connectivity index (χ0n) is 12.8. The minimum absolute atomic E-state index is 0.436. The molecule has 5 heteroatoms. The van der Waals surface area contributed by atoms with Crippen molar-refractivity contribution in [2.75, 3.05) is 19.0 Å². The molecule has 0 saturated carbocycles. The Morgan fingerprint density at radius 1 is 1.20 bits per heavy atom. The van der Waals surface area contributed by atoms with Gasteiger partial charge in [-0.1, -0.05) is 13.8 Å². The smallest absolute Gasteiger partial charge is 0.228 e. The third-order valence-corrected chi connectivity index (χ3v) is 3.29. The molecule has 2 rings (SSSR count). The largest absolute Gasteiger partial charge is 0.347 e. The van der Waals surface area contributed by atoms with Crippen molar-refractivity contribution in [3.8, 4) is 11.4 Å². The van der Waals surface area contributed by atoms with Crippen LogP contribution in [0.4, 0.5) is 5.95 Å². The second-order valence-corrected chi connectivity index (χ2v) is 5.18. The van der Waals surface area contributed by atoms with Gasteiger partial charge in [0, 0.05) is 31.5 Å². The average Bonchev–Trinajstić information content (AvgIpc) is 2.45. The molecule has 20 heavy (non-hydrogen) atoms. The van der Waals surface area contributed by atoms with Crippen LogP contribution in [0.1, 0.15) is 37.7 Å². The van der Waals surface area contributed by atoms with E-state index in [9.17, 15) is 0 Å². The van der Waals surface area contributed by atoms with E-state index >= 15 is 0 Å². The van der Waals surface area contributed by atoms with Crippen LogP contribution in [0.25, 0.3) is 11.4 Å². The van der Waals surface area contributed by atoms with Crippen molar-refractivity contribution in [3.05, 3.63) is 29.8 Å². The van der Waals surface area contributed by atoms with E-state index in [4.69, 9.17) is 0 Å². The molecular weight excluding hydrogens is 250 g/mol. The van der Waals surface area contributed by atoms with Crippen molar-refractivity contribution in [1.82, 2.24) is 19.9 Å². The van der Waals surface area contributed by atoms with E-state index in [2.05, 4.69) is 39.8 Å². The van der Waals surface area contributed by atoms with Crippen LogP contribution in [0.5, 0.6) is 0 Å². The van der Waals surface area contributed by atoms with Crippen LogP contribution in [-0.4, -0.2) is 34.0 Å².